The van der Waals surface area contributed by atoms with Crippen LogP contribution in [0.2, 0.25) is 0 Å². The standard InChI is InChI=1S/C14H17NS/c1-11-5-3-6-13(9-11)10-15-12(2)14-7-4-8-16-14/h3-9,12,15H,10H2,1-2H3. The first-order valence-electron chi connectivity index (χ1n) is 5.58. The Morgan fingerprint density at radius 2 is 2.12 bits per heavy atom. The molecule has 84 valence electrons. The van der Waals surface area contributed by atoms with Crippen LogP contribution in [0.25, 0.3) is 0 Å². The maximum atomic E-state index is 3.54. The molecule has 0 amide bonds. The number of nitrogens with one attached hydrogen (secondary N) is 1. The van der Waals surface area contributed by atoms with Gasteiger partial charge in [-0.1, -0.05) is 35.9 Å². The van der Waals surface area contributed by atoms with Crippen molar-refractivity contribution in [3.05, 3.63) is 57.8 Å². The van der Waals surface area contributed by atoms with Gasteiger partial charge in [0.25, 0.3) is 0 Å². The van der Waals surface area contributed by atoms with Crippen molar-refractivity contribution in [3.63, 3.8) is 0 Å². The van der Waals surface area contributed by atoms with Gasteiger partial charge in [0.1, 0.15) is 0 Å². The van der Waals surface area contributed by atoms with Crippen molar-refractivity contribution in [2.45, 2.75) is 26.4 Å². The minimum absolute atomic E-state index is 0.431. The summed E-state index contributed by atoms with van der Waals surface area (Å²) in [5, 5.41) is 5.66. The molecule has 1 aromatic carbocycles. The summed E-state index contributed by atoms with van der Waals surface area (Å²) in [6.45, 7) is 5.27. The quantitative estimate of drug-likeness (QED) is 0.841. The van der Waals surface area contributed by atoms with Crippen LogP contribution in [-0.4, -0.2) is 0 Å². The Morgan fingerprint density at radius 3 is 2.81 bits per heavy atom. The molecular formula is C14H17NS. The molecule has 2 heteroatoms. The first-order valence-corrected chi connectivity index (χ1v) is 6.46. The Hall–Kier alpha value is -1.12. The molecule has 0 radical (unpaired) electrons. The van der Waals surface area contributed by atoms with Gasteiger partial charge in [-0.05, 0) is 30.9 Å². The molecule has 1 N–H and O–H groups in total. The molecular weight excluding hydrogens is 214 g/mol. The minimum Gasteiger partial charge on any atom is -0.305 e. The molecule has 0 saturated heterocycles. The van der Waals surface area contributed by atoms with Gasteiger partial charge in [0.15, 0.2) is 0 Å². The van der Waals surface area contributed by atoms with E-state index in [1.807, 2.05) is 0 Å². The molecule has 0 bridgehead atoms. The Bertz CT molecular complexity index is 434. The maximum Gasteiger partial charge on any atom is 0.0388 e. The van der Waals surface area contributed by atoms with Crippen LogP contribution < -0.4 is 5.32 Å². The van der Waals surface area contributed by atoms with E-state index in [0.717, 1.165) is 6.54 Å². The molecule has 1 nitrogen and oxygen atoms in total. The summed E-state index contributed by atoms with van der Waals surface area (Å²) in [5.41, 5.74) is 2.67. The van der Waals surface area contributed by atoms with Crippen LogP contribution in [-0.2, 0) is 6.54 Å². The molecule has 1 aromatic heterocycles. The van der Waals surface area contributed by atoms with E-state index in [1.54, 1.807) is 11.3 Å². The lowest BCUT2D eigenvalue weighted by Gasteiger charge is -2.12. The largest absolute Gasteiger partial charge is 0.305 e. The predicted octanol–water partition coefficient (Wildman–Crippen LogP) is 3.91. The molecule has 16 heavy (non-hydrogen) atoms. The van der Waals surface area contributed by atoms with Gasteiger partial charge < -0.3 is 5.32 Å². The summed E-state index contributed by atoms with van der Waals surface area (Å²) < 4.78 is 0. The van der Waals surface area contributed by atoms with E-state index in [2.05, 4.69) is 60.9 Å². The monoisotopic (exact) mass is 231 g/mol. The normalized spacial score (nSPS) is 12.6. The van der Waals surface area contributed by atoms with Crippen LogP contribution >= 0.6 is 11.3 Å². The van der Waals surface area contributed by atoms with Crippen molar-refractivity contribution in [2.24, 2.45) is 0 Å². The lowest BCUT2D eigenvalue weighted by molar-refractivity contribution is 0.583. The SMILES string of the molecule is Cc1cccc(CNC(C)c2cccs2)c1. The van der Waals surface area contributed by atoms with Gasteiger partial charge in [-0.25, -0.2) is 0 Å². The summed E-state index contributed by atoms with van der Waals surface area (Å²) in [7, 11) is 0. The minimum atomic E-state index is 0.431. The van der Waals surface area contributed by atoms with E-state index in [9.17, 15) is 0 Å². The highest BCUT2D eigenvalue weighted by atomic mass is 32.1. The lowest BCUT2D eigenvalue weighted by atomic mass is 10.1. The molecule has 2 rings (SSSR count). The van der Waals surface area contributed by atoms with Crippen LogP contribution in [0.1, 0.15) is 29.0 Å². The number of aryl methyl sites for hydroxylation is 1. The van der Waals surface area contributed by atoms with Crippen molar-refractivity contribution in [1.29, 1.82) is 0 Å². The Morgan fingerprint density at radius 1 is 1.25 bits per heavy atom. The van der Waals surface area contributed by atoms with Gasteiger partial charge in [0.05, 0.1) is 0 Å². The van der Waals surface area contributed by atoms with Crippen molar-refractivity contribution in [2.75, 3.05) is 0 Å². The van der Waals surface area contributed by atoms with E-state index in [4.69, 9.17) is 0 Å². The third-order valence-electron chi connectivity index (χ3n) is 2.66. The highest BCUT2D eigenvalue weighted by Crippen LogP contribution is 2.18. The van der Waals surface area contributed by atoms with Crippen LogP contribution in [0, 0.1) is 6.92 Å². The Balaban J connectivity index is 1.92. The summed E-state index contributed by atoms with van der Waals surface area (Å²) in [6.07, 6.45) is 0. The topological polar surface area (TPSA) is 12.0 Å². The molecule has 0 fully saturated rings. The molecule has 0 aliphatic rings. The average Bonchev–Trinajstić information content (AvgIpc) is 2.79. The van der Waals surface area contributed by atoms with Gasteiger partial charge in [-0.2, -0.15) is 0 Å². The zero-order chi connectivity index (χ0) is 11.4. The van der Waals surface area contributed by atoms with Gasteiger partial charge in [0.2, 0.25) is 0 Å². The third-order valence-corrected chi connectivity index (χ3v) is 3.72. The van der Waals surface area contributed by atoms with Gasteiger partial charge in [-0.3, -0.25) is 0 Å². The fraction of sp³-hybridized carbons (Fsp3) is 0.286. The maximum absolute atomic E-state index is 3.54. The van der Waals surface area contributed by atoms with E-state index in [1.165, 1.54) is 16.0 Å². The Labute approximate surface area is 101 Å². The van der Waals surface area contributed by atoms with Crippen LogP contribution in [0.15, 0.2) is 41.8 Å². The second kappa shape index (κ2) is 5.28. The summed E-state index contributed by atoms with van der Waals surface area (Å²) >= 11 is 1.81. The van der Waals surface area contributed by atoms with Crippen molar-refractivity contribution in [1.82, 2.24) is 5.32 Å². The molecule has 1 heterocycles. The highest BCUT2D eigenvalue weighted by Gasteiger charge is 2.04. The van der Waals surface area contributed by atoms with Crippen LogP contribution in [0.3, 0.4) is 0 Å². The molecule has 0 spiro atoms. The zero-order valence-electron chi connectivity index (χ0n) is 9.73. The summed E-state index contributed by atoms with van der Waals surface area (Å²) in [6, 6.07) is 13.4. The molecule has 0 aliphatic carbocycles. The van der Waals surface area contributed by atoms with E-state index < -0.39 is 0 Å². The molecule has 1 unspecified atom stereocenters. The second-order valence-electron chi connectivity index (χ2n) is 4.11. The average molecular weight is 231 g/mol. The first-order chi connectivity index (χ1) is 7.75. The van der Waals surface area contributed by atoms with Crippen LogP contribution in [0.4, 0.5) is 0 Å². The molecule has 0 aliphatic heterocycles. The first kappa shape index (κ1) is 11.4. The number of benzene rings is 1. The Kier molecular flexibility index (Phi) is 3.75. The van der Waals surface area contributed by atoms with Crippen molar-refractivity contribution in [3.8, 4) is 0 Å². The number of hydrogen-bond acceptors (Lipinski definition) is 2. The lowest BCUT2D eigenvalue weighted by Crippen LogP contribution is -2.17. The van der Waals surface area contributed by atoms with Crippen LogP contribution in [0.5, 0.6) is 0 Å². The zero-order valence-corrected chi connectivity index (χ0v) is 10.6. The van der Waals surface area contributed by atoms with Gasteiger partial charge in [-0.15, -0.1) is 11.3 Å². The fourth-order valence-electron chi connectivity index (χ4n) is 1.73. The van der Waals surface area contributed by atoms with Gasteiger partial charge in [0, 0.05) is 17.5 Å². The molecule has 1 atom stereocenters. The third kappa shape index (κ3) is 2.94. The van der Waals surface area contributed by atoms with E-state index in [0.29, 0.717) is 6.04 Å². The number of hydrogen-bond donors (Lipinski definition) is 1. The summed E-state index contributed by atoms with van der Waals surface area (Å²) in [5.74, 6) is 0. The molecule has 2 aromatic rings. The number of rotatable bonds is 4. The fourth-order valence-corrected chi connectivity index (χ4v) is 2.49. The van der Waals surface area contributed by atoms with Crippen molar-refractivity contribution >= 4 is 11.3 Å². The number of thiophene rings is 1. The summed E-state index contributed by atoms with van der Waals surface area (Å²) in [4.78, 5) is 1.40. The van der Waals surface area contributed by atoms with E-state index in [-0.39, 0.29) is 0 Å². The smallest absolute Gasteiger partial charge is 0.0388 e. The van der Waals surface area contributed by atoms with E-state index >= 15 is 0 Å². The molecule has 0 saturated carbocycles. The second-order valence-corrected chi connectivity index (χ2v) is 5.09. The highest BCUT2D eigenvalue weighted by molar-refractivity contribution is 7.10. The van der Waals surface area contributed by atoms with Gasteiger partial charge >= 0.3 is 0 Å². The van der Waals surface area contributed by atoms with Crippen molar-refractivity contribution < 1.29 is 0 Å². The predicted molar refractivity (Wildman–Crippen MR) is 70.8 cm³/mol.